The first kappa shape index (κ1) is 15.3. The topological polar surface area (TPSA) is 15.7 Å². The molecule has 3 heterocycles. The van der Waals surface area contributed by atoms with Gasteiger partial charge in [-0.05, 0) is 44.9 Å². The van der Waals surface area contributed by atoms with Gasteiger partial charge in [0.2, 0.25) is 0 Å². The Morgan fingerprint density at radius 2 is 1.52 bits per heavy atom. The third-order valence-electron chi connectivity index (χ3n) is 6.43. The Balaban J connectivity index is 1.52. The van der Waals surface area contributed by atoms with Crippen molar-refractivity contribution in [1.82, 2.24) is 4.90 Å². The highest BCUT2D eigenvalue weighted by Crippen LogP contribution is 2.47. The van der Waals surface area contributed by atoms with Crippen molar-refractivity contribution in [2.45, 2.75) is 56.5 Å². The molecular formula is C22H26N2O. The van der Waals surface area contributed by atoms with E-state index >= 15 is 0 Å². The number of anilines is 1. The van der Waals surface area contributed by atoms with Crippen molar-refractivity contribution in [2.75, 3.05) is 11.9 Å². The standard InChI is InChI=1S/C22H26N2O/c1-23-17-10-7-11-18(23)15-19(14-17)24-20-12-5-6-13-21(20)25-22(24)16-8-3-2-4-9-16/h2-6,8-9,12-13,17-19,22H,7,10-11,14-15H2,1H3. The van der Waals surface area contributed by atoms with Crippen molar-refractivity contribution in [3.8, 4) is 5.75 Å². The quantitative estimate of drug-likeness (QED) is 0.798. The molecule has 5 rings (SSSR count). The maximum atomic E-state index is 6.42. The van der Waals surface area contributed by atoms with Gasteiger partial charge in [-0.2, -0.15) is 0 Å². The first-order valence-electron chi connectivity index (χ1n) is 9.62. The van der Waals surface area contributed by atoms with E-state index in [1.165, 1.54) is 43.4 Å². The van der Waals surface area contributed by atoms with Crippen LogP contribution in [0.4, 0.5) is 5.69 Å². The summed E-state index contributed by atoms with van der Waals surface area (Å²) in [5.41, 5.74) is 2.52. The zero-order chi connectivity index (χ0) is 16.8. The fourth-order valence-electron chi connectivity index (χ4n) is 5.12. The summed E-state index contributed by atoms with van der Waals surface area (Å²) in [4.78, 5) is 5.21. The van der Waals surface area contributed by atoms with Crippen LogP contribution in [-0.4, -0.2) is 30.1 Å². The Morgan fingerprint density at radius 3 is 2.28 bits per heavy atom. The first-order valence-corrected chi connectivity index (χ1v) is 9.62. The van der Waals surface area contributed by atoms with Gasteiger partial charge in [-0.3, -0.25) is 0 Å². The predicted molar refractivity (Wildman–Crippen MR) is 101 cm³/mol. The highest BCUT2D eigenvalue weighted by Gasteiger charge is 2.43. The van der Waals surface area contributed by atoms with Crippen molar-refractivity contribution in [3.05, 3.63) is 60.2 Å². The molecule has 3 nitrogen and oxygen atoms in total. The van der Waals surface area contributed by atoms with Crippen LogP contribution in [0.25, 0.3) is 0 Å². The van der Waals surface area contributed by atoms with Gasteiger partial charge in [0.1, 0.15) is 5.75 Å². The molecule has 3 aliphatic rings. The van der Waals surface area contributed by atoms with Gasteiger partial charge in [0.15, 0.2) is 6.23 Å². The normalized spacial score (nSPS) is 31.5. The van der Waals surface area contributed by atoms with E-state index in [4.69, 9.17) is 4.74 Å². The summed E-state index contributed by atoms with van der Waals surface area (Å²) in [6, 6.07) is 21.3. The van der Waals surface area contributed by atoms with Crippen LogP contribution in [0.1, 0.15) is 43.9 Å². The van der Waals surface area contributed by atoms with Gasteiger partial charge in [0.05, 0.1) is 5.69 Å². The highest BCUT2D eigenvalue weighted by atomic mass is 16.5. The van der Waals surface area contributed by atoms with Crippen molar-refractivity contribution in [3.63, 3.8) is 0 Å². The molecule has 3 heteroatoms. The van der Waals surface area contributed by atoms with Crippen LogP contribution in [0.3, 0.4) is 0 Å². The molecule has 0 saturated carbocycles. The zero-order valence-corrected chi connectivity index (χ0v) is 14.8. The van der Waals surface area contributed by atoms with E-state index in [2.05, 4.69) is 71.4 Å². The fourth-order valence-corrected chi connectivity index (χ4v) is 5.12. The first-order chi connectivity index (χ1) is 12.3. The van der Waals surface area contributed by atoms with Crippen molar-refractivity contribution in [2.24, 2.45) is 0 Å². The summed E-state index contributed by atoms with van der Waals surface area (Å²) in [5.74, 6) is 1.03. The Labute approximate surface area is 150 Å². The third-order valence-corrected chi connectivity index (χ3v) is 6.43. The van der Waals surface area contributed by atoms with Gasteiger partial charge < -0.3 is 14.5 Å². The Kier molecular flexibility index (Phi) is 3.70. The number of rotatable bonds is 2. The van der Waals surface area contributed by atoms with Crippen LogP contribution in [-0.2, 0) is 0 Å². The maximum absolute atomic E-state index is 6.42. The Morgan fingerprint density at radius 1 is 0.840 bits per heavy atom. The lowest BCUT2D eigenvalue weighted by atomic mass is 9.81. The summed E-state index contributed by atoms with van der Waals surface area (Å²) in [5, 5.41) is 0. The minimum Gasteiger partial charge on any atom is -0.464 e. The summed E-state index contributed by atoms with van der Waals surface area (Å²) in [7, 11) is 2.33. The number of piperidine rings is 2. The molecule has 25 heavy (non-hydrogen) atoms. The molecule has 2 saturated heterocycles. The van der Waals surface area contributed by atoms with E-state index in [1.807, 2.05) is 0 Å². The average Bonchev–Trinajstić information content (AvgIpc) is 3.02. The molecule has 0 aromatic heterocycles. The molecule has 0 amide bonds. The van der Waals surface area contributed by atoms with Gasteiger partial charge in [-0.25, -0.2) is 0 Å². The maximum Gasteiger partial charge on any atom is 0.199 e. The Bertz CT molecular complexity index is 733. The zero-order valence-electron chi connectivity index (χ0n) is 14.8. The van der Waals surface area contributed by atoms with E-state index in [1.54, 1.807) is 0 Å². The number of nitrogens with zero attached hydrogens (tertiary/aromatic N) is 2. The van der Waals surface area contributed by atoms with Gasteiger partial charge in [-0.1, -0.05) is 48.9 Å². The summed E-state index contributed by atoms with van der Waals surface area (Å²) < 4.78 is 6.42. The number of benzene rings is 2. The van der Waals surface area contributed by atoms with E-state index in [9.17, 15) is 0 Å². The molecule has 2 aromatic rings. The van der Waals surface area contributed by atoms with Crippen LogP contribution >= 0.6 is 0 Å². The molecule has 0 N–H and O–H groups in total. The molecular weight excluding hydrogens is 308 g/mol. The second-order valence-electron chi connectivity index (χ2n) is 7.79. The lowest BCUT2D eigenvalue weighted by molar-refractivity contribution is 0.0482. The lowest BCUT2D eigenvalue weighted by Crippen LogP contribution is -2.55. The molecule has 0 aliphatic carbocycles. The van der Waals surface area contributed by atoms with Gasteiger partial charge >= 0.3 is 0 Å². The summed E-state index contributed by atoms with van der Waals surface area (Å²) in [6.45, 7) is 0. The molecule has 3 atom stereocenters. The van der Waals surface area contributed by atoms with Crippen molar-refractivity contribution in [1.29, 1.82) is 0 Å². The number of hydrogen-bond donors (Lipinski definition) is 0. The van der Waals surface area contributed by atoms with E-state index < -0.39 is 0 Å². The van der Waals surface area contributed by atoms with Gasteiger partial charge in [0.25, 0.3) is 0 Å². The van der Waals surface area contributed by atoms with Crippen LogP contribution < -0.4 is 9.64 Å². The minimum absolute atomic E-state index is 0.00716. The molecule has 3 unspecified atom stereocenters. The molecule has 3 aliphatic heterocycles. The SMILES string of the molecule is CN1C2CCCC1CC(N1c3ccccc3OC1c1ccccc1)C2. The van der Waals surface area contributed by atoms with Crippen molar-refractivity contribution >= 4 is 5.69 Å². The number of para-hydroxylation sites is 2. The highest BCUT2D eigenvalue weighted by molar-refractivity contribution is 5.64. The van der Waals surface area contributed by atoms with Crippen molar-refractivity contribution < 1.29 is 4.74 Å². The number of fused-ring (bicyclic) bond motifs is 3. The van der Waals surface area contributed by atoms with E-state index in [-0.39, 0.29) is 6.23 Å². The van der Waals surface area contributed by atoms with Crippen LogP contribution in [0.5, 0.6) is 5.75 Å². The fraction of sp³-hybridized carbons (Fsp3) is 0.455. The smallest absolute Gasteiger partial charge is 0.199 e. The second-order valence-corrected chi connectivity index (χ2v) is 7.79. The Hall–Kier alpha value is -2.00. The van der Waals surface area contributed by atoms with E-state index in [0.29, 0.717) is 6.04 Å². The monoisotopic (exact) mass is 334 g/mol. The minimum atomic E-state index is 0.00716. The summed E-state index contributed by atoms with van der Waals surface area (Å²) in [6.07, 6.45) is 6.57. The molecule has 2 aromatic carbocycles. The number of hydrogen-bond acceptors (Lipinski definition) is 3. The predicted octanol–water partition coefficient (Wildman–Crippen LogP) is 4.60. The van der Waals surface area contributed by atoms with Crippen LogP contribution in [0, 0.1) is 0 Å². The molecule has 2 bridgehead atoms. The lowest BCUT2D eigenvalue weighted by Gasteiger charge is -2.50. The van der Waals surface area contributed by atoms with Gasteiger partial charge in [-0.15, -0.1) is 0 Å². The molecule has 2 fully saturated rings. The third kappa shape index (κ3) is 2.53. The summed E-state index contributed by atoms with van der Waals surface area (Å²) >= 11 is 0. The second kappa shape index (κ2) is 6.06. The van der Waals surface area contributed by atoms with Crippen LogP contribution in [0.15, 0.2) is 54.6 Å². The average molecular weight is 334 g/mol. The molecule has 0 spiro atoms. The number of ether oxygens (including phenoxy) is 1. The van der Waals surface area contributed by atoms with Crippen LogP contribution in [0.2, 0.25) is 0 Å². The molecule has 0 radical (unpaired) electrons. The molecule has 130 valence electrons. The largest absolute Gasteiger partial charge is 0.464 e. The van der Waals surface area contributed by atoms with E-state index in [0.717, 1.165) is 17.8 Å². The van der Waals surface area contributed by atoms with Gasteiger partial charge in [0, 0.05) is 23.7 Å².